The van der Waals surface area contributed by atoms with E-state index in [1.165, 1.54) is 5.56 Å². The van der Waals surface area contributed by atoms with Crippen molar-refractivity contribution in [2.24, 2.45) is 5.10 Å². The third-order valence-electron chi connectivity index (χ3n) is 4.85. The summed E-state index contributed by atoms with van der Waals surface area (Å²) in [6, 6.07) is 26.8. The van der Waals surface area contributed by atoms with Crippen LogP contribution in [0.2, 0.25) is 0 Å². The Bertz CT molecular complexity index is 919. The van der Waals surface area contributed by atoms with E-state index in [0.717, 1.165) is 34.9 Å². The molecule has 0 saturated carbocycles. The van der Waals surface area contributed by atoms with Crippen molar-refractivity contribution in [2.45, 2.75) is 12.5 Å². The van der Waals surface area contributed by atoms with Crippen LogP contribution in [-0.2, 0) is 0 Å². The minimum Gasteiger partial charge on any atom is -0.497 e. The predicted molar refractivity (Wildman–Crippen MR) is 109 cm³/mol. The lowest BCUT2D eigenvalue weighted by atomic mass is 9.98. The third kappa shape index (κ3) is 3.51. The van der Waals surface area contributed by atoms with Gasteiger partial charge in [-0.3, -0.25) is 5.01 Å². The lowest BCUT2D eigenvalue weighted by Gasteiger charge is -2.24. The van der Waals surface area contributed by atoms with E-state index in [-0.39, 0.29) is 6.04 Å². The van der Waals surface area contributed by atoms with Crippen LogP contribution in [0.3, 0.4) is 0 Å². The molecule has 136 valence electrons. The summed E-state index contributed by atoms with van der Waals surface area (Å²) in [6.07, 6.45) is 0.841. The van der Waals surface area contributed by atoms with Crippen molar-refractivity contribution < 1.29 is 9.47 Å². The van der Waals surface area contributed by atoms with E-state index in [4.69, 9.17) is 14.6 Å². The number of hydrazone groups is 1. The van der Waals surface area contributed by atoms with Gasteiger partial charge in [-0.25, -0.2) is 0 Å². The van der Waals surface area contributed by atoms with Gasteiger partial charge in [0.05, 0.1) is 31.7 Å². The normalized spacial score (nSPS) is 16.1. The number of benzene rings is 3. The molecule has 0 unspecified atom stereocenters. The van der Waals surface area contributed by atoms with E-state index >= 15 is 0 Å². The molecular weight excluding hydrogens is 336 g/mol. The molecule has 27 heavy (non-hydrogen) atoms. The minimum atomic E-state index is 0.149. The summed E-state index contributed by atoms with van der Waals surface area (Å²) < 4.78 is 10.6. The van der Waals surface area contributed by atoms with Gasteiger partial charge in [-0.1, -0.05) is 30.3 Å². The Balaban J connectivity index is 1.69. The largest absolute Gasteiger partial charge is 0.497 e. The minimum absolute atomic E-state index is 0.149. The van der Waals surface area contributed by atoms with E-state index < -0.39 is 0 Å². The zero-order chi connectivity index (χ0) is 18.6. The van der Waals surface area contributed by atoms with Gasteiger partial charge in [0.2, 0.25) is 0 Å². The van der Waals surface area contributed by atoms with Crippen molar-refractivity contribution in [1.82, 2.24) is 0 Å². The zero-order valence-corrected chi connectivity index (χ0v) is 15.5. The standard InChI is InChI=1S/C23H22N2O2/c1-26-20-12-8-17(9-13-20)22-16-23(18-10-14-21(27-2)15-11-18)25(24-22)19-6-4-3-5-7-19/h3-15,23H,16H2,1-2H3/t23-/m0/s1. The first-order valence-electron chi connectivity index (χ1n) is 8.98. The second kappa shape index (κ2) is 7.54. The van der Waals surface area contributed by atoms with E-state index in [0.29, 0.717) is 0 Å². The molecule has 0 aliphatic carbocycles. The summed E-state index contributed by atoms with van der Waals surface area (Å²) in [5, 5.41) is 7.07. The zero-order valence-electron chi connectivity index (χ0n) is 15.5. The molecule has 3 aromatic rings. The number of hydrogen-bond donors (Lipinski definition) is 0. The molecule has 0 bridgehead atoms. The van der Waals surface area contributed by atoms with Crippen molar-refractivity contribution in [1.29, 1.82) is 0 Å². The highest BCUT2D eigenvalue weighted by atomic mass is 16.5. The molecule has 0 saturated heterocycles. The number of nitrogens with zero attached hydrogens (tertiary/aromatic N) is 2. The summed E-state index contributed by atoms with van der Waals surface area (Å²) >= 11 is 0. The first kappa shape index (κ1) is 17.2. The number of rotatable bonds is 5. The van der Waals surface area contributed by atoms with Gasteiger partial charge >= 0.3 is 0 Å². The van der Waals surface area contributed by atoms with E-state index in [1.807, 2.05) is 42.5 Å². The molecule has 1 heterocycles. The number of methoxy groups -OCH3 is 2. The van der Waals surface area contributed by atoms with Gasteiger partial charge < -0.3 is 9.47 Å². The van der Waals surface area contributed by atoms with E-state index in [9.17, 15) is 0 Å². The molecule has 0 amide bonds. The monoisotopic (exact) mass is 358 g/mol. The second-order valence-corrected chi connectivity index (χ2v) is 6.45. The topological polar surface area (TPSA) is 34.1 Å². The van der Waals surface area contributed by atoms with Crippen LogP contribution in [0.5, 0.6) is 11.5 Å². The van der Waals surface area contributed by atoms with Crippen molar-refractivity contribution in [2.75, 3.05) is 19.2 Å². The first-order valence-corrected chi connectivity index (χ1v) is 8.98. The Morgan fingerprint density at radius 2 is 1.37 bits per heavy atom. The van der Waals surface area contributed by atoms with Gasteiger partial charge in [-0.05, 0) is 59.7 Å². The average Bonchev–Trinajstić information content (AvgIpc) is 3.20. The summed E-state index contributed by atoms with van der Waals surface area (Å²) in [4.78, 5) is 0. The van der Waals surface area contributed by atoms with Crippen molar-refractivity contribution in [3.05, 3.63) is 90.0 Å². The van der Waals surface area contributed by atoms with Crippen LogP contribution < -0.4 is 14.5 Å². The van der Waals surface area contributed by atoms with Crippen LogP contribution in [0, 0.1) is 0 Å². The molecule has 4 rings (SSSR count). The Labute approximate surface area is 159 Å². The average molecular weight is 358 g/mol. The van der Waals surface area contributed by atoms with Gasteiger partial charge in [0.15, 0.2) is 0 Å². The number of para-hydroxylation sites is 1. The second-order valence-electron chi connectivity index (χ2n) is 6.45. The molecule has 1 atom stereocenters. The SMILES string of the molecule is COc1ccc(C2=NN(c3ccccc3)[C@H](c3ccc(OC)cc3)C2)cc1. The van der Waals surface area contributed by atoms with Gasteiger partial charge in [-0.15, -0.1) is 0 Å². The Hall–Kier alpha value is -3.27. The van der Waals surface area contributed by atoms with Gasteiger partial charge in [0.1, 0.15) is 11.5 Å². The lowest BCUT2D eigenvalue weighted by Crippen LogP contribution is -2.18. The summed E-state index contributed by atoms with van der Waals surface area (Å²) in [7, 11) is 3.37. The number of ether oxygens (including phenoxy) is 2. The van der Waals surface area contributed by atoms with Crippen LogP contribution in [-0.4, -0.2) is 19.9 Å². The van der Waals surface area contributed by atoms with Crippen molar-refractivity contribution in [3.8, 4) is 11.5 Å². The van der Waals surface area contributed by atoms with Gasteiger partial charge in [0, 0.05) is 6.42 Å². The molecule has 3 aromatic carbocycles. The fourth-order valence-corrected chi connectivity index (χ4v) is 3.37. The molecule has 1 aliphatic heterocycles. The van der Waals surface area contributed by atoms with Crippen LogP contribution in [0.25, 0.3) is 0 Å². The molecule has 4 nitrogen and oxygen atoms in total. The smallest absolute Gasteiger partial charge is 0.118 e. The van der Waals surface area contributed by atoms with E-state index in [1.54, 1.807) is 14.2 Å². The fraction of sp³-hybridized carbons (Fsp3) is 0.174. The Kier molecular flexibility index (Phi) is 4.79. The maximum absolute atomic E-state index is 5.30. The highest BCUT2D eigenvalue weighted by molar-refractivity contribution is 6.03. The Morgan fingerprint density at radius 3 is 1.96 bits per heavy atom. The van der Waals surface area contributed by atoms with E-state index in [2.05, 4.69) is 41.4 Å². The first-order chi connectivity index (χ1) is 13.3. The highest BCUT2D eigenvalue weighted by Crippen LogP contribution is 2.37. The van der Waals surface area contributed by atoms with Gasteiger partial charge in [-0.2, -0.15) is 5.10 Å². The lowest BCUT2D eigenvalue weighted by molar-refractivity contribution is 0.414. The molecule has 1 aliphatic rings. The maximum atomic E-state index is 5.30. The highest BCUT2D eigenvalue weighted by Gasteiger charge is 2.29. The van der Waals surface area contributed by atoms with Crippen LogP contribution in [0.1, 0.15) is 23.6 Å². The summed E-state index contributed by atoms with van der Waals surface area (Å²) in [6.45, 7) is 0. The van der Waals surface area contributed by atoms with Crippen LogP contribution >= 0.6 is 0 Å². The molecule has 4 heteroatoms. The maximum Gasteiger partial charge on any atom is 0.118 e. The third-order valence-corrected chi connectivity index (χ3v) is 4.85. The summed E-state index contributed by atoms with van der Waals surface area (Å²) in [5.41, 5.74) is 4.49. The van der Waals surface area contributed by atoms with Gasteiger partial charge in [0.25, 0.3) is 0 Å². The van der Waals surface area contributed by atoms with Crippen molar-refractivity contribution >= 4 is 11.4 Å². The molecule has 0 N–H and O–H groups in total. The van der Waals surface area contributed by atoms with Crippen LogP contribution in [0.15, 0.2) is 84.0 Å². The van der Waals surface area contributed by atoms with Crippen LogP contribution in [0.4, 0.5) is 5.69 Å². The molecular formula is C23H22N2O2. The number of anilines is 1. The molecule has 0 radical (unpaired) electrons. The number of hydrogen-bond acceptors (Lipinski definition) is 4. The fourth-order valence-electron chi connectivity index (χ4n) is 3.37. The van der Waals surface area contributed by atoms with Crippen molar-refractivity contribution in [3.63, 3.8) is 0 Å². The summed E-state index contributed by atoms with van der Waals surface area (Å²) in [5.74, 6) is 1.71. The molecule has 0 aromatic heterocycles. The molecule has 0 fully saturated rings. The Morgan fingerprint density at radius 1 is 0.778 bits per heavy atom. The quantitative estimate of drug-likeness (QED) is 0.639. The predicted octanol–water partition coefficient (Wildman–Crippen LogP) is 5.06. The molecule has 0 spiro atoms.